The fraction of sp³-hybridized carbons (Fsp3) is 0.579. The van der Waals surface area contributed by atoms with Gasteiger partial charge in [-0.3, -0.25) is 4.79 Å². The highest BCUT2D eigenvalue weighted by molar-refractivity contribution is 5.76. The molecular weight excluding hydrogens is 314 g/mol. The van der Waals surface area contributed by atoms with Crippen LogP contribution in [0, 0.1) is 10.8 Å². The molecule has 1 aliphatic heterocycles. The Morgan fingerprint density at radius 1 is 1.20 bits per heavy atom. The van der Waals surface area contributed by atoms with Crippen LogP contribution in [-0.2, 0) is 11.3 Å². The molecule has 0 spiro atoms. The quantitative estimate of drug-likeness (QED) is 0.862. The summed E-state index contributed by atoms with van der Waals surface area (Å²) in [5.41, 5.74) is 1.46. The lowest BCUT2D eigenvalue weighted by Crippen LogP contribution is -2.39. The van der Waals surface area contributed by atoms with Crippen LogP contribution < -0.4 is 0 Å². The molecule has 2 bridgehead atoms. The molecular formula is C19H25N5O. The van der Waals surface area contributed by atoms with Crippen molar-refractivity contribution in [1.29, 1.82) is 0 Å². The van der Waals surface area contributed by atoms with E-state index in [-0.39, 0.29) is 17.9 Å². The van der Waals surface area contributed by atoms with Gasteiger partial charge in [0.2, 0.25) is 11.7 Å². The lowest BCUT2D eigenvalue weighted by molar-refractivity contribution is -0.133. The number of carbonyl (C=O) groups is 1. The Morgan fingerprint density at radius 2 is 1.96 bits per heavy atom. The van der Waals surface area contributed by atoms with Crippen LogP contribution in [0.15, 0.2) is 30.3 Å². The number of nitrogens with zero attached hydrogens (tertiary/aromatic N) is 5. The van der Waals surface area contributed by atoms with E-state index in [1.165, 1.54) is 11.2 Å². The molecule has 0 unspecified atom stereocenters. The van der Waals surface area contributed by atoms with E-state index in [2.05, 4.69) is 41.1 Å². The second-order valence-corrected chi connectivity index (χ2v) is 8.74. The van der Waals surface area contributed by atoms with E-state index in [0.29, 0.717) is 17.3 Å². The number of aromatic nitrogens is 4. The molecule has 6 heteroatoms. The first kappa shape index (κ1) is 16.2. The molecule has 132 valence electrons. The molecule has 2 atom stereocenters. The molecule has 1 aromatic heterocycles. The second-order valence-electron chi connectivity index (χ2n) is 8.74. The maximum atomic E-state index is 12.9. The molecule has 2 heterocycles. The van der Waals surface area contributed by atoms with Gasteiger partial charge in [-0.05, 0) is 35.3 Å². The topological polar surface area (TPSA) is 63.9 Å². The molecule has 25 heavy (non-hydrogen) atoms. The fourth-order valence-electron chi connectivity index (χ4n) is 4.98. The third-order valence-corrected chi connectivity index (χ3v) is 5.50. The highest BCUT2D eigenvalue weighted by Crippen LogP contribution is 2.52. The van der Waals surface area contributed by atoms with Gasteiger partial charge < -0.3 is 4.90 Å². The highest BCUT2D eigenvalue weighted by Gasteiger charge is 2.50. The normalized spacial score (nSPS) is 27.5. The first-order valence-corrected chi connectivity index (χ1v) is 8.96. The molecule has 1 aromatic carbocycles. The monoisotopic (exact) mass is 339 g/mol. The molecule has 4 rings (SSSR count). The van der Waals surface area contributed by atoms with E-state index < -0.39 is 0 Å². The summed E-state index contributed by atoms with van der Waals surface area (Å²) in [6, 6.07) is 10.1. The standard InChI is InChI=1S/C19H25N5O/c1-18(2)9-15-10-19(3,12-18)13-23(15)16(25)11-24-21-17(20-22-24)14-7-5-4-6-8-14/h4-8,15H,9-13H2,1-3H3/t15-,19-/m1/s1. The third kappa shape index (κ3) is 3.17. The van der Waals surface area contributed by atoms with Gasteiger partial charge in [0.25, 0.3) is 0 Å². The highest BCUT2D eigenvalue weighted by atomic mass is 16.2. The predicted octanol–water partition coefficient (Wildman–Crippen LogP) is 2.77. The van der Waals surface area contributed by atoms with E-state index in [1.807, 2.05) is 30.3 Å². The van der Waals surface area contributed by atoms with Gasteiger partial charge in [-0.1, -0.05) is 51.1 Å². The van der Waals surface area contributed by atoms with Crippen molar-refractivity contribution < 1.29 is 4.79 Å². The van der Waals surface area contributed by atoms with Crippen LogP contribution in [0.5, 0.6) is 0 Å². The van der Waals surface area contributed by atoms with Gasteiger partial charge in [0.15, 0.2) is 0 Å². The van der Waals surface area contributed by atoms with Gasteiger partial charge in [0.1, 0.15) is 6.54 Å². The van der Waals surface area contributed by atoms with Crippen molar-refractivity contribution >= 4 is 5.91 Å². The van der Waals surface area contributed by atoms with Crippen LogP contribution >= 0.6 is 0 Å². The average Bonchev–Trinajstić information content (AvgIpc) is 3.09. The zero-order valence-corrected chi connectivity index (χ0v) is 15.1. The smallest absolute Gasteiger partial charge is 0.246 e. The Bertz CT molecular complexity index is 784. The lowest BCUT2D eigenvalue weighted by Gasteiger charge is -2.39. The number of amides is 1. The third-order valence-electron chi connectivity index (χ3n) is 5.50. The van der Waals surface area contributed by atoms with E-state index >= 15 is 0 Å². The summed E-state index contributed by atoms with van der Waals surface area (Å²) < 4.78 is 0. The number of likely N-dealkylation sites (tertiary alicyclic amines) is 1. The number of tetrazole rings is 1. The first-order valence-electron chi connectivity index (χ1n) is 8.96. The van der Waals surface area contributed by atoms with Crippen LogP contribution in [0.1, 0.15) is 40.0 Å². The summed E-state index contributed by atoms with van der Waals surface area (Å²) >= 11 is 0. The van der Waals surface area contributed by atoms with Crippen molar-refractivity contribution in [1.82, 2.24) is 25.1 Å². The van der Waals surface area contributed by atoms with E-state index in [4.69, 9.17) is 0 Å². The van der Waals surface area contributed by atoms with Crippen LogP contribution in [-0.4, -0.2) is 43.6 Å². The minimum absolute atomic E-state index is 0.100. The van der Waals surface area contributed by atoms with Gasteiger partial charge in [-0.15, -0.1) is 10.2 Å². The Labute approximate surface area is 148 Å². The fourth-order valence-corrected chi connectivity index (χ4v) is 4.98. The van der Waals surface area contributed by atoms with E-state index in [0.717, 1.165) is 24.9 Å². The Balaban J connectivity index is 1.47. The van der Waals surface area contributed by atoms with Crippen LogP contribution in [0.2, 0.25) is 0 Å². The molecule has 2 fully saturated rings. The summed E-state index contributed by atoms with van der Waals surface area (Å²) in [6.45, 7) is 7.95. The molecule has 6 nitrogen and oxygen atoms in total. The minimum atomic E-state index is 0.100. The molecule has 1 saturated carbocycles. The Kier molecular flexibility index (Phi) is 3.67. The molecule has 1 saturated heterocycles. The summed E-state index contributed by atoms with van der Waals surface area (Å²) in [4.78, 5) is 16.3. The molecule has 2 aliphatic rings. The Hall–Kier alpha value is -2.24. The second kappa shape index (κ2) is 5.64. The van der Waals surface area contributed by atoms with Crippen molar-refractivity contribution in [2.24, 2.45) is 10.8 Å². The van der Waals surface area contributed by atoms with Gasteiger partial charge in [-0.25, -0.2) is 0 Å². The minimum Gasteiger partial charge on any atom is -0.337 e. The van der Waals surface area contributed by atoms with Crippen molar-refractivity contribution in [2.75, 3.05) is 6.54 Å². The van der Waals surface area contributed by atoms with Crippen molar-refractivity contribution in [3.63, 3.8) is 0 Å². The summed E-state index contributed by atoms with van der Waals surface area (Å²) in [5, 5.41) is 12.5. The Morgan fingerprint density at radius 3 is 2.72 bits per heavy atom. The zero-order valence-electron chi connectivity index (χ0n) is 15.1. The number of benzene rings is 1. The summed E-state index contributed by atoms with van der Waals surface area (Å²) in [5.74, 6) is 0.657. The maximum Gasteiger partial charge on any atom is 0.246 e. The largest absolute Gasteiger partial charge is 0.337 e. The van der Waals surface area contributed by atoms with Crippen molar-refractivity contribution in [3.8, 4) is 11.4 Å². The predicted molar refractivity (Wildman–Crippen MR) is 94.5 cm³/mol. The van der Waals surface area contributed by atoms with Crippen LogP contribution in [0.25, 0.3) is 11.4 Å². The van der Waals surface area contributed by atoms with Crippen molar-refractivity contribution in [3.05, 3.63) is 30.3 Å². The number of rotatable bonds is 3. The molecule has 1 aliphatic carbocycles. The van der Waals surface area contributed by atoms with Gasteiger partial charge in [-0.2, -0.15) is 4.80 Å². The maximum absolute atomic E-state index is 12.9. The van der Waals surface area contributed by atoms with Gasteiger partial charge >= 0.3 is 0 Å². The van der Waals surface area contributed by atoms with Gasteiger partial charge in [0, 0.05) is 18.2 Å². The van der Waals surface area contributed by atoms with Crippen molar-refractivity contribution in [2.45, 2.75) is 52.6 Å². The van der Waals surface area contributed by atoms with E-state index in [1.54, 1.807) is 0 Å². The zero-order chi connectivity index (χ0) is 17.7. The van der Waals surface area contributed by atoms with E-state index in [9.17, 15) is 4.79 Å². The number of hydrogen-bond donors (Lipinski definition) is 0. The summed E-state index contributed by atoms with van der Waals surface area (Å²) in [7, 11) is 0. The molecule has 1 amide bonds. The molecule has 0 N–H and O–H groups in total. The number of hydrogen-bond acceptors (Lipinski definition) is 4. The number of carbonyl (C=O) groups excluding carboxylic acids is 1. The lowest BCUT2D eigenvalue weighted by atomic mass is 9.65. The number of fused-ring (bicyclic) bond motifs is 2. The SMILES string of the molecule is CC1(C)C[C@@H]2C[C@@](C)(CN2C(=O)Cn2nnc(-c3ccccc3)n2)C1. The molecule has 0 radical (unpaired) electrons. The average molecular weight is 339 g/mol. The van der Waals surface area contributed by atoms with Crippen LogP contribution in [0.3, 0.4) is 0 Å². The van der Waals surface area contributed by atoms with Crippen LogP contribution in [0.4, 0.5) is 0 Å². The first-order chi connectivity index (χ1) is 11.8. The van der Waals surface area contributed by atoms with Gasteiger partial charge in [0.05, 0.1) is 0 Å². The molecule has 2 aromatic rings. The summed E-state index contributed by atoms with van der Waals surface area (Å²) in [6.07, 6.45) is 3.37.